The predicted octanol–water partition coefficient (Wildman–Crippen LogP) is 5.73. The first-order chi connectivity index (χ1) is 13.1. The number of H-pyrrole nitrogens is 1. The molecule has 0 spiro atoms. The van der Waals surface area contributed by atoms with E-state index in [4.69, 9.17) is 16.7 Å². The minimum atomic E-state index is -0.877. The normalized spacial score (nSPS) is 11.0. The van der Waals surface area contributed by atoms with Crippen molar-refractivity contribution >= 4 is 40.4 Å². The SMILES string of the molecule is O=C(O)CSc1nc2cc(-c3ccc(-c4ccccc4)cc3)c(Cl)cc2[nH]1. The number of halogens is 1. The van der Waals surface area contributed by atoms with Gasteiger partial charge >= 0.3 is 5.97 Å². The molecule has 2 N–H and O–H groups in total. The average Bonchev–Trinajstić information content (AvgIpc) is 3.08. The summed E-state index contributed by atoms with van der Waals surface area (Å²) < 4.78 is 0. The highest BCUT2D eigenvalue weighted by Gasteiger charge is 2.11. The van der Waals surface area contributed by atoms with Crippen LogP contribution in [-0.2, 0) is 4.79 Å². The Kier molecular flexibility index (Phi) is 4.88. The number of hydrogen-bond donors (Lipinski definition) is 2. The van der Waals surface area contributed by atoms with Gasteiger partial charge in [0.1, 0.15) is 0 Å². The topological polar surface area (TPSA) is 66.0 Å². The molecular weight excluding hydrogens is 380 g/mol. The van der Waals surface area contributed by atoms with Gasteiger partial charge in [0.05, 0.1) is 21.8 Å². The first-order valence-corrected chi connectivity index (χ1v) is 9.66. The number of thioether (sulfide) groups is 1. The zero-order chi connectivity index (χ0) is 18.8. The van der Waals surface area contributed by atoms with Crippen LogP contribution in [0.5, 0.6) is 0 Å². The molecule has 0 unspecified atom stereocenters. The lowest BCUT2D eigenvalue weighted by molar-refractivity contribution is -0.133. The van der Waals surface area contributed by atoms with Crippen LogP contribution >= 0.6 is 23.4 Å². The molecule has 3 aromatic carbocycles. The molecule has 6 heteroatoms. The van der Waals surface area contributed by atoms with E-state index in [1.807, 2.05) is 42.5 Å². The fraction of sp³-hybridized carbons (Fsp3) is 0.0476. The molecule has 0 atom stereocenters. The monoisotopic (exact) mass is 394 g/mol. The number of aliphatic carboxylic acids is 1. The van der Waals surface area contributed by atoms with Gasteiger partial charge in [0.2, 0.25) is 0 Å². The van der Waals surface area contributed by atoms with Crippen molar-refractivity contribution in [3.05, 3.63) is 71.8 Å². The van der Waals surface area contributed by atoms with Crippen molar-refractivity contribution in [2.75, 3.05) is 5.75 Å². The Hall–Kier alpha value is -2.76. The van der Waals surface area contributed by atoms with Crippen LogP contribution in [0.15, 0.2) is 71.9 Å². The van der Waals surface area contributed by atoms with Crippen molar-refractivity contribution in [1.29, 1.82) is 0 Å². The van der Waals surface area contributed by atoms with Crippen molar-refractivity contribution in [3.63, 3.8) is 0 Å². The van der Waals surface area contributed by atoms with Gasteiger partial charge in [-0.15, -0.1) is 0 Å². The van der Waals surface area contributed by atoms with Crippen molar-refractivity contribution in [1.82, 2.24) is 9.97 Å². The zero-order valence-electron chi connectivity index (χ0n) is 14.1. The van der Waals surface area contributed by atoms with E-state index < -0.39 is 5.97 Å². The molecule has 0 aliphatic heterocycles. The molecule has 0 fully saturated rings. The van der Waals surface area contributed by atoms with E-state index in [1.165, 1.54) is 0 Å². The highest BCUT2D eigenvalue weighted by Crippen LogP contribution is 2.33. The maximum atomic E-state index is 10.7. The fourth-order valence-electron chi connectivity index (χ4n) is 2.90. The Labute approximate surface area is 165 Å². The molecule has 0 radical (unpaired) electrons. The van der Waals surface area contributed by atoms with Crippen LogP contribution in [-0.4, -0.2) is 26.8 Å². The van der Waals surface area contributed by atoms with Crippen LogP contribution in [0.2, 0.25) is 5.02 Å². The second-order valence-corrected chi connectivity index (χ2v) is 7.39. The minimum Gasteiger partial charge on any atom is -0.481 e. The molecule has 1 heterocycles. The van der Waals surface area contributed by atoms with Gasteiger partial charge in [0.15, 0.2) is 5.16 Å². The van der Waals surface area contributed by atoms with Crippen LogP contribution in [0.4, 0.5) is 0 Å². The summed E-state index contributed by atoms with van der Waals surface area (Å²) in [6.07, 6.45) is 0. The van der Waals surface area contributed by atoms with Crippen molar-refractivity contribution in [2.45, 2.75) is 5.16 Å². The third-order valence-corrected chi connectivity index (χ3v) is 5.36. The number of carbonyl (C=O) groups is 1. The molecule has 4 rings (SSSR count). The van der Waals surface area contributed by atoms with Crippen LogP contribution in [0.25, 0.3) is 33.3 Å². The van der Waals surface area contributed by atoms with E-state index >= 15 is 0 Å². The number of rotatable bonds is 5. The second-order valence-electron chi connectivity index (χ2n) is 6.02. The summed E-state index contributed by atoms with van der Waals surface area (Å²) in [6.45, 7) is 0. The lowest BCUT2D eigenvalue weighted by atomic mass is 10.00. The Balaban J connectivity index is 1.66. The molecule has 0 bridgehead atoms. The van der Waals surface area contributed by atoms with E-state index in [-0.39, 0.29) is 5.75 Å². The van der Waals surface area contributed by atoms with Crippen LogP contribution < -0.4 is 0 Å². The number of fused-ring (bicyclic) bond motifs is 1. The van der Waals surface area contributed by atoms with Crippen LogP contribution in [0, 0.1) is 0 Å². The van der Waals surface area contributed by atoms with Gasteiger partial charge in [-0.2, -0.15) is 0 Å². The molecule has 27 heavy (non-hydrogen) atoms. The quantitative estimate of drug-likeness (QED) is 0.424. The molecular formula is C21H15ClN2O2S. The van der Waals surface area contributed by atoms with E-state index in [1.54, 1.807) is 0 Å². The summed E-state index contributed by atoms with van der Waals surface area (Å²) in [5.74, 6) is -0.917. The highest BCUT2D eigenvalue weighted by atomic mass is 35.5. The number of nitrogens with zero attached hydrogens (tertiary/aromatic N) is 1. The van der Waals surface area contributed by atoms with Crippen molar-refractivity contribution < 1.29 is 9.90 Å². The molecule has 4 nitrogen and oxygen atoms in total. The van der Waals surface area contributed by atoms with Gasteiger partial charge in [-0.3, -0.25) is 4.79 Å². The minimum absolute atomic E-state index is 0.0403. The summed E-state index contributed by atoms with van der Waals surface area (Å²) in [4.78, 5) is 18.3. The molecule has 0 aliphatic rings. The first-order valence-electron chi connectivity index (χ1n) is 8.30. The summed E-state index contributed by atoms with van der Waals surface area (Å²) in [7, 11) is 0. The maximum Gasteiger partial charge on any atom is 0.313 e. The Morgan fingerprint density at radius 2 is 1.67 bits per heavy atom. The van der Waals surface area contributed by atoms with E-state index in [2.05, 4.69) is 34.2 Å². The standard InChI is InChI=1S/C21H15ClN2O2S/c22-17-11-19-18(23-21(24-19)27-12-20(25)26)10-16(17)15-8-6-14(7-9-15)13-4-2-1-3-5-13/h1-11H,12H2,(H,23,24)(H,25,26). The number of carboxylic acid groups (broad SMARTS) is 1. The Morgan fingerprint density at radius 3 is 2.37 bits per heavy atom. The van der Waals surface area contributed by atoms with Gasteiger partial charge in [-0.25, -0.2) is 4.98 Å². The molecule has 0 saturated carbocycles. The highest BCUT2D eigenvalue weighted by molar-refractivity contribution is 7.99. The van der Waals surface area contributed by atoms with Gasteiger partial charge in [-0.05, 0) is 28.8 Å². The smallest absolute Gasteiger partial charge is 0.313 e. The summed E-state index contributed by atoms with van der Waals surface area (Å²) >= 11 is 7.63. The largest absolute Gasteiger partial charge is 0.481 e. The van der Waals surface area contributed by atoms with Gasteiger partial charge in [0.25, 0.3) is 0 Å². The van der Waals surface area contributed by atoms with Gasteiger partial charge in [-0.1, -0.05) is 78.0 Å². The maximum absolute atomic E-state index is 10.7. The van der Waals surface area contributed by atoms with Crippen LogP contribution in [0.3, 0.4) is 0 Å². The molecule has 4 aromatic rings. The summed E-state index contributed by atoms with van der Waals surface area (Å²) in [5.41, 5.74) is 5.75. The number of benzene rings is 3. The number of carboxylic acids is 1. The first kappa shape index (κ1) is 17.6. The Morgan fingerprint density at radius 1 is 1.00 bits per heavy atom. The van der Waals surface area contributed by atoms with E-state index in [9.17, 15) is 4.79 Å². The van der Waals surface area contributed by atoms with Gasteiger partial charge < -0.3 is 10.1 Å². The third kappa shape index (κ3) is 3.84. The third-order valence-electron chi connectivity index (χ3n) is 4.18. The van der Waals surface area contributed by atoms with E-state index in [0.29, 0.717) is 10.2 Å². The number of hydrogen-bond acceptors (Lipinski definition) is 3. The molecule has 0 aliphatic carbocycles. The average molecular weight is 395 g/mol. The molecule has 0 saturated heterocycles. The van der Waals surface area contributed by atoms with Crippen molar-refractivity contribution in [3.8, 4) is 22.3 Å². The Bertz CT molecular complexity index is 1110. The number of aromatic nitrogens is 2. The summed E-state index contributed by atoms with van der Waals surface area (Å²) in [5, 5.41) is 10.00. The predicted molar refractivity (Wildman–Crippen MR) is 110 cm³/mol. The number of nitrogens with one attached hydrogen (secondary N) is 1. The molecule has 1 aromatic heterocycles. The second kappa shape index (κ2) is 7.47. The van der Waals surface area contributed by atoms with Gasteiger partial charge in [0, 0.05) is 5.56 Å². The fourth-order valence-corrected chi connectivity index (χ4v) is 3.78. The summed E-state index contributed by atoms with van der Waals surface area (Å²) in [6, 6.07) is 22.2. The number of imidazole rings is 1. The molecule has 0 amide bonds. The van der Waals surface area contributed by atoms with E-state index in [0.717, 1.165) is 45.0 Å². The lowest BCUT2D eigenvalue weighted by Gasteiger charge is -2.07. The molecule has 134 valence electrons. The lowest BCUT2D eigenvalue weighted by Crippen LogP contribution is -1.97. The number of aromatic amines is 1. The van der Waals surface area contributed by atoms with Crippen LogP contribution in [0.1, 0.15) is 0 Å². The van der Waals surface area contributed by atoms with Crippen molar-refractivity contribution in [2.24, 2.45) is 0 Å². The zero-order valence-corrected chi connectivity index (χ0v) is 15.7.